The lowest BCUT2D eigenvalue weighted by Crippen LogP contribution is -2.06. The number of benzene rings is 4. The van der Waals surface area contributed by atoms with Crippen LogP contribution < -0.4 is 0 Å². The Labute approximate surface area is 196 Å². The summed E-state index contributed by atoms with van der Waals surface area (Å²) in [6.07, 6.45) is -2.03. The summed E-state index contributed by atoms with van der Waals surface area (Å²) >= 11 is 0. The van der Waals surface area contributed by atoms with Crippen LogP contribution in [0.15, 0.2) is 103 Å². The van der Waals surface area contributed by atoms with Gasteiger partial charge in [0.15, 0.2) is 0 Å². The highest BCUT2D eigenvalue weighted by atomic mass is 19.4. The van der Waals surface area contributed by atoms with Crippen molar-refractivity contribution in [3.05, 3.63) is 114 Å². The van der Waals surface area contributed by atoms with Crippen molar-refractivity contribution in [3.8, 4) is 33.5 Å². The summed E-state index contributed by atoms with van der Waals surface area (Å²) in [5.74, 6) is 0. The number of hydrogen-bond donors (Lipinski definition) is 0. The Morgan fingerprint density at radius 2 is 1.24 bits per heavy atom. The molecule has 1 heterocycles. The number of nitrogens with zero attached hydrogens (tertiary/aromatic N) is 1. The van der Waals surface area contributed by atoms with E-state index in [0.717, 1.165) is 38.7 Å². The Morgan fingerprint density at radius 1 is 0.618 bits per heavy atom. The Bertz CT molecular complexity index is 1450. The van der Waals surface area contributed by atoms with E-state index in [1.807, 2.05) is 61.5 Å². The van der Waals surface area contributed by atoms with E-state index in [9.17, 15) is 13.2 Å². The minimum absolute atomic E-state index is 0.549. The van der Waals surface area contributed by atoms with E-state index in [-0.39, 0.29) is 0 Å². The molecule has 0 saturated carbocycles. The normalized spacial score (nSPS) is 11.6. The maximum Gasteiger partial charge on any atom is 0.416 e. The monoisotopic (exact) mass is 453 g/mol. The molecule has 0 radical (unpaired) electrons. The zero-order chi connectivity index (χ0) is 23.7. The van der Waals surface area contributed by atoms with Gasteiger partial charge in [-0.05, 0) is 81.4 Å². The second kappa shape index (κ2) is 8.79. The second-order valence-electron chi connectivity index (χ2n) is 8.34. The molecule has 0 bridgehead atoms. The molecule has 1 nitrogen and oxygen atoms in total. The SMILES string of the molecule is CCc1cc(-c2ccc3cc(-c4ccc(-c5ccccn5)cc4)ccc3c2)cc(C(F)(F)F)c1. The lowest BCUT2D eigenvalue weighted by atomic mass is 9.95. The van der Waals surface area contributed by atoms with Gasteiger partial charge in [0, 0.05) is 11.8 Å². The number of hydrogen-bond acceptors (Lipinski definition) is 1. The molecule has 4 aromatic carbocycles. The summed E-state index contributed by atoms with van der Waals surface area (Å²) in [4.78, 5) is 4.39. The zero-order valence-electron chi connectivity index (χ0n) is 18.6. The third kappa shape index (κ3) is 4.44. The van der Waals surface area contributed by atoms with Crippen molar-refractivity contribution in [3.63, 3.8) is 0 Å². The van der Waals surface area contributed by atoms with Crippen molar-refractivity contribution < 1.29 is 13.2 Å². The van der Waals surface area contributed by atoms with Crippen LogP contribution in [0.2, 0.25) is 0 Å². The molecular formula is C30H22F3N. The quantitative estimate of drug-likeness (QED) is 0.265. The van der Waals surface area contributed by atoms with E-state index in [2.05, 4.69) is 35.3 Å². The van der Waals surface area contributed by atoms with Gasteiger partial charge in [-0.1, -0.05) is 67.6 Å². The molecule has 0 spiro atoms. The van der Waals surface area contributed by atoms with Gasteiger partial charge in [0.25, 0.3) is 0 Å². The van der Waals surface area contributed by atoms with E-state index in [1.54, 1.807) is 6.20 Å². The summed E-state index contributed by atoms with van der Waals surface area (Å²) in [5.41, 5.74) is 5.60. The molecule has 0 atom stereocenters. The van der Waals surface area contributed by atoms with Gasteiger partial charge < -0.3 is 0 Å². The zero-order valence-corrected chi connectivity index (χ0v) is 18.6. The minimum Gasteiger partial charge on any atom is -0.256 e. The van der Waals surface area contributed by atoms with E-state index < -0.39 is 11.7 Å². The number of aromatic nitrogens is 1. The molecule has 5 aromatic rings. The van der Waals surface area contributed by atoms with Crippen LogP contribution >= 0.6 is 0 Å². The third-order valence-electron chi connectivity index (χ3n) is 6.08. The molecule has 0 N–H and O–H groups in total. The summed E-state index contributed by atoms with van der Waals surface area (Å²) in [6, 6.07) is 30.4. The lowest BCUT2D eigenvalue weighted by Gasteiger charge is -2.13. The predicted octanol–water partition coefficient (Wildman–Crippen LogP) is 8.82. The molecule has 5 rings (SSSR count). The van der Waals surface area contributed by atoms with Crippen molar-refractivity contribution in [2.45, 2.75) is 19.5 Å². The maximum absolute atomic E-state index is 13.4. The van der Waals surface area contributed by atoms with Gasteiger partial charge in [-0.3, -0.25) is 4.98 Å². The Morgan fingerprint density at radius 3 is 1.82 bits per heavy atom. The highest BCUT2D eigenvalue weighted by Crippen LogP contribution is 2.35. The van der Waals surface area contributed by atoms with E-state index >= 15 is 0 Å². The van der Waals surface area contributed by atoms with Crippen molar-refractivity contribution in [2.75, 3.05) is 0 Å². The van der Waals surface area contributed by atoms with Crippen LogP contribution in [0.5, 0.6) is 0 Å². The minimum atomic E-state index is -4.36. The lowest BCUT2D eigenvalue weighted by molar-refractivity contribution is -0.137. The van der Waals surface area contributed by atoms with Gasteiger partial charge in [-0.2, -0.15) is 13.2 Å². The van der Waals surface area contributed by atoms with Crippen molar-refractivity contribution in [1.29, 1.82) is 0 Å². The van der Waals surface area contributed by atoms with E-state index in [4.69, 9.17) is 0 Å². The molecule has 0 aliphatic heterocycles. The molecule has 0 unspecified atom stereocenters. The molecule has 0 saturated heterocycles. The summed E-state index contributed by atoms with van der Waals surface area (Å²) < 4.78 is 40.1. The first kappa shape index (κ1) is 21.9. The van der Waals surface area contributed by atoms with E-state index in [1.165, 1.54) is 12.1 Å². The number of halogens is 3. The molecule has 0 aliphatic carbocycles. The molecule has 1 aromatic heterocycles. The van der Waals surface area contributed by atoms with Crippen LogP contribution in [0.4, 0.5) is 13.2 Å². The number of rotatable bonds is 4. The molecule has 0 aliphatic rings. The molecular weight excluding hydrogens is 431 g/mol. The maximum atomic E-state index is 13.4. The molecule has 34 heavy (non-hydrogen) atoms. The van der Waals surface area contributed by atoms with Crippen LogP contribution in [-0.2, 0) is 12.6 Å². The summed E-state index contributed by atoms with van der Waals surface area (Å²) in [5, 5.41) is 2.03. The Balaban J connectivity index is 1.48. The summed E-state index contributed by atoms with van der Waals surface area (Å²) in [7, 11) is 0. The fraction of sp³-hybridized carbons (Fsp3) is 0.100. The van der Waals surface area contributed by atoms with Gasteiger partial charge in [0.05, 0.1) is 11.3 Å². The molecule has 0 fully saturated rings. The van der Waals surface area contributed by atoms with Crippen LogP contribution in [0.3, 0.4) is 0 Å². The summed E-state index contributed by atoms with van der Waals surface area (Å²) in [6.45, 7) is 1.87. The first-order valence-corrected chi connectivity index (χ1v) is 11.2. The highest BCUT2D eigenvalue weighted by Gasteiger charge is 2.31. The largest absolute Gasteiger partial charge is 0.416 e. The molecule has 168 valence electrons. The Hall–Kier alpha value is -3.92. The van der Waals surface area contributed by atoms with Crippen molar-refractivity contribution in [2.24, 2.45) is 0 Å². The van der Waals surface area contributed by atoms with Gasteiger partial charge >= 0.3 is 6.18 Å². The fourth-order valence-corrected chi connectivity index (χ4v) is 4.20. The average molecular weight is 454 g/mol. The number of aryl methyl sites for hydroxylation is 1. The fourth-order valence-electron chi connectivity index (χ4n) is 4.20. The average Bonchev–Trinajstić information content (AvgIpc) is 2.88. The van der Waals surface area contributed by atoms with Gasteiger partial charge in [0.2, 0.25) is 0 Å². The number of fused-ring (bicyclic) bond motifs is 1. The van der Waals surface area contributed by atoms with Gasteiger partial charge in [-0.25, -0.2) is 0 Å². The topological polar surface area (TPSA) is 12.9 Å². The van der Waals surface area contributed by atoms with Crippen molar-refractivity contribution >= 4 is 10.8 Å². The first-order chi connectivity index (χ1) is 16.4. The smallest absolute Gasteiger partial charge is 0.256 e. The predicted molar refractivity (Wildman–Crippen MR) is 132 cm³/mol. The highest BCUT2D eigenvalue weighted by molar-refractivity contribution is 5.91. The number of pyridine rings is 1. The molecule has 0 amide bonds. The van der Waals surface area contributed by atoms with Crippen LogP contribution in [0, 0.1) is 0 Å². The van der Waals surface area contributed by atoms with Crippen LogP contribution in [0.25, 0.3) is 44.3 Å². The van der Waals surface area contributed by atoms with Crippen LogP contribution in [0.1, 0.15) is 18.1 Å². The third-order valence-corrected chi connectivity index (χ3v) is 6.08. The Kier molecular flexibility index (Phi) is 5.66. The standard InChI is InChI=1S/C30H22F3N/c1-2-20-15-27(19-28(16-20)30(31,32)33)26-13-12-24-17-23(10-11-25(24)18-26)21-6-8-22(9-7-21)29-5-3-4-14-34-29/h3-19H,2H2,1H3. The van der Waals surface area contributed by atoms with E-state index in [0.29, 0.717) is 17.5 Å². The molecule has 4 heteroatoms. The second-order valence-corrected chi connectivity index (χ2v) is 8.34. The van der Waals surface area contributed by atoms with Gasteiger partial charge in [-0.15, -0.1) is 0 Å². The van der Waals surface area contributed by atoms with Gasteiger partial charge in [0.1, 0.15) is 0 Å². The van der Waals surface area contributed by atoms with Crippen molar-refractivity contribution in [1.82, 2.24) is 4.98 Å². The number of alkyl halides is 3. The first-order valence-electron chi connectivity index (χ1n) is 11.2. The van der Waals surface area contributed by atoms with Crippen LogP contribution in [-0.4, -0.2) is 4.98 Å².